The monoisotopic (exact) mass is 260 g/mol. The minimum absolute atomic E-state index is 0.605. The number of benzene rings is 1. The summed E-state index contributed by atoms with van der Waals surface area (Å²) in [4.78, 5) is 24.7. The Balaban J connectivity index is 2.35. The van der Waals surface area contributed by atoms with E-state index in [-0.39, 0.29) is 0 Å². The first-order chi connectivity index (χ1) is 9.08. The number of anilines is 1. The second-order valence-corrected chi connectivity index (χ2v) is 5.47. The van der Waals surface area contributed by atoms with Crippen molar-refractivity contribution in [3.63, 3.8) is 0 Å². The maximum absolute atomic E-state index is 11.3. The highest BCUT2D eigenvalue weighted by atomic mass is 16.1. The molecular weight excluding hydrogens is 240 g/mol. The first-order valence-electron chi connectivity index (χ1n) is 6.60. The molecule has 1 fully saturated rings. The average molecular weight is 260 g/mol. The van der Waals surface area contributed by atoms with Gasteiger partial charge in [-0.1, -0.05) is 6.07 Å². The Morgan fingerprint density at radius 2 is 1.89 bits per heavy atom. The fourth-order valence-electron chi connectivity index (χ4n) is 2.42. The molecule has 0 aromatic heterocycles. The largest absolute Gasteiger partial charge is 0.369 e. The highest BCUT2D eigenvalue weighted by Gasteiger charge is 2.23. The van der Waals surface area contributed by atoms with Crippen LogP contribution in [0.25, 0.3) is 0 Å². The highest BCUT2D eigenvalue weighted by Crippen LogP contribution is 2.27. The number of carbonyl (C=O) groups is 2. The van der Waals surface area contributed by atoms with Crippen LogP contribution in [0.2, 0.25) is 0 Å². The van der Waals surface area contributed by atoms with Gasteiger partial charge in [0.05, 0.1) is 0 Å². The number of nitrogens with zero attached hydrogens (tertiary/aromatic N) is 1. The van der Waals surface area contributed by atoms with Gasteiger partial charge in [-0.2, -0.15) is 0 Å². The van der Waals surface area contributed by atoms with Gasteiger partial charge in [0, 0.05) is 42.8 Å². The molecule has 1 heterocycles. The van der Waals surface area contributed by atoms with Crippen molar-refractivity contribution in [2.45, 2.75) is 19.3 Å². The van der Waals surface area contributed by atoms with E-state index in [0.29, 0.717) is 5.56 Å². The Bertz CT molecular complexity index is 477. The van der Waals surface area contributed by atoms with Gasteiger partial charge in [-0.25, -0.2) is 0 Å². The van der Waals surface area contributed by atoms with E-state index in [9.17, 15) is 9.59 Å². The fraction of sp³-hybridized carbons (Fsp3) is 0.467. The number of nitrogens with one attached hydrogen (secondary N) is 1. The Morgan fingerprint density at radius 1 is 1.21 bits per heavy atom. The molecule has 0 radical (unpaired) electrons. The minimum Gasteiger partial charge on any atom is -0.369 e. The standard InChI is InChI=1S/C15H20N2O2/c1-15(2,11-19)14-4-3-13(9-12(14)10-18)17-7-5-16-6-8-17/h3-4,9-11,16H,5-8H2,1-2H3. The van der Waals surface area contributed by atoms with Gasteiger partial charge in [-0.15, -0.1) is 0 Å². The summed E-state index contributed by atoms with van der Waals surface area (Å²) in [5.74, 6) is 0. The van der Waals surface area contributed by atoms with Crippen molar-refractivity contribution in [3.05, 3.63) is 29.3 Å². The Hall–Kier alpha value is -1.68. The summed E-state index contributed by atoms with van der Waals surface area (Å²) in [7, 11) is 0. The molecule has 0 spiro atoms. The second-order valence-electron chi connectivity index (χ2n) is 5.47. The molecule has 0 bridgehead atoms. The number of hydrogen-bond donors (Lipinski definition) is 1. The van der Waals surface area contributed by atoms with E-state index in [1.807, 2.05) is 32.0 Å². The molecule has 1 aliphatic heterocycles. The SMILES string of the molecule is CC(C)(C=O)c1ccc(N2CCNCC2)cc1C=O. The molecule has 4 nitrogen and oxygen atoms in total. The lowest BCUT2D eigenvalue weighted by molar-refractivity contribution is -0.111. The predicted octanol–water partition coefficient (Wildman–Crippen LogP) is 1.39. The summed E-state index contributed by atoms with van der Waals surface area (Å²) in [5.41, 5.74) is 1.82. The van der Waals surface area contributed by atoms with Gasteiger partial charge in [-0.05, 0) is 31.5 Å². The van der Waals surface area contributed by atoms with Crippen LogP contribution in [-0.4, -0.2) is 38.8 Å². The third kappa shape index (κ3) is 2.84. The third-order valence-electron chi connectivity index (χ3n) is 3.63. The number of piperazine rings is 1. The summed E-state index contributed by atoms with van der Waals surface area (Å²) in [6.07, 6.45) is 1.73. The van der Waals surface area contributed by atoms with Crippen LogP contribution in [0.5, 0.6) is 0 Å². The summed E-state index contributed by atoms with van der Waals surface area (Å²) in [6.45, 7) is 7.44. The molecular formula is C15H20N2O2. The minimum atomic E-state index is -0.627. The maximum Gasteiger partial charge on any atom is 0.150 e. The fourth-order valence-corrected chi connectivity index (χ4v) is 2.42. The molecule has 4 heteroatoms. The lowest BCUT2D eigenvalue weighted by Gasteiger charge is -2.30. The van der Waals surface area contributed by atoms with E-state index in [1.165, 1.54) is 0 Å². The quantitative estimate of drug-likeness (QED) is 0.831. The van der Waals surface area contributed by atoms with Gasteiger partial charge in [0.15, 0.2) is 0 Å². The van der Waals surface area contributed by atoms with Gasteiger partial charge in [0.2, 0.25) is 0 Å². The Kier molecular flexibility index (Phi) is 4.00. The zero-order valence-electron chi connectivity index (χ0n) is 11.5. The number of aldehydes is 2. The van der Waals surface area contributed by atoms with Gasteiger partial charge in [0.1, 0.15) is 12.6 Å². The van der Waals surface area contributed by atoms with Crippen LogP contribution in [0.1, 0.15) is 29.8 Å². The lowest BCUT2D eigenvalue weighted by atomic mass is 9.83. The molecule has 1 saturated heterocycles. The van der Waals surface area contributed by atoms with Crippen LogP contribution in [0.15, 0.2) is 18.2 Å². The normalized spacial score (nSPS) is 16.2. The number of carbonyl (C=O) groups excluding carboxylic acids is 2. The van der Waals surface area contributed by atoms with Crippen LogP contribution < -0.4 is 10.2 Å². The van der Waals surface area contributed by atoms with Crippen molar-refractivity contribution in [1.82, 2.24) is 5.32 Å². The van der Waals surface area contributed by atoms with Crippen molar-refractivity contribution in [2.24, 2.45) is 0 Å². The zero-order chi connectivity index (χ0) is 13.9. The molecule has 1 aromatic rings. The lowest BCUT2D eigenvalue weighted by Crippen LogP contribution is -2.43. The van der Waals surface area contributed by atoms with Gasteiger partial charge >= 0.3 is 0 Å². The number of hydrogen-bond acceptors (Lipinski definition) is 4. The molecule has 1 aliphatic rings. The molecule has 0 atom stereocenters. The van der Waals surface area contributed by atoms with E-state index < -0.39 is 5.41 Å². The van der Waals surface area contributed by atoms with Crippen LogP contribution >= 0.6 is 0 Å². The van der Waals surface area contributed by atoms with E-state index in [1.54, 1.807) is 0 Å². The average Bonchev–Trinajstić information content (AvgIpc) is 2.47. The predicted molar refractivity (Wildman–Crippen MR) is 76.0 cm³/mol. The molecule has 2 rings (SSSR count). The first-order valence-corrected chi connectivity index (χ1v) is 6.60. The van der Waals surface area contributed by atoms with Crippen molar-refractivity contribution < 1.29 is 9.59 Å². The third-order valence-corrected chi connectivity index (χ3v) is 3.63. The highest BCUT2D eigenvalue weighted by molar-refractivity contribution is 5.84. The zero-order valence-corrected chi connectivity index (χ0v) is 11.5. The summed E-state index contributed by atoms with van der Waals surface area (Å²) in [5, 5.41) is 3.30. The van der Waals surface area contributed by atoms with Crippen molar-refractivity contribution in [1.29, 1.82) is 0 Å². The summed E-state index contributed by atoms with van der Waals surface area (Å²) < 4.78 is 0. The van der Waals surface area contributed by atoms with Gasteiger partial charge in [-0.3, -0.25) is 4.79 Å². The van der Waals surface area contributed by atoms with Gasteiger partial charge < -0.3 is 15.0 Å². The maximum atomic E-state index is 11.3. The van der Waals surface area contributed by atoms with Crippen molar-refractivity contribution >= 4 is 18.3 Å². The van der Waals surface area contributed by atoms with E-state index in [0.717, 1.165) is 50.0 Å². The first kappa shape index (κ1) is 13.7. The molecule has 0 unspecified atom stereocenters. The molecule has 0 amide bonds. The molecule has 1 N–H and O–H groups in total. The summed E-state index contributed by atoms with van der Waals surface area (Å²) in [6, 6.07) is 5.79. The topological polar surface area (TPSA) is 49.4 Å². The smallest absolute Gasteiger partial charge is 0.150 e. The van der Waals surface area contributed by atoms with Crippen molar-refractivity contribution in [3.8, 4) is 0 Å². The van der Waals surface area contributed by atoms with Crippen LogP contribution in [0.4, 0.5) is 5.69 Å². The molecule has 1 aromatic carbocycles. The molecule has 102 valence electrons. The van der Waals surface area contributed by atoms with Crippen LogP contribution in [0.3, 0.4) is 0 Å². The summed E-state index contributed by atoms with van der Waals surface area (Å²) >= 11 is 0. The molecule has 0 aliphatic carbocycles. The van der Waals surface area contributed by atoms with E-state index in [4.69, 9.17) is 0 Å². The molecule has 0 saturated carbocycles. The van der Waals surface area contributed by atoms with Gasteiger partial charge in [0.25, 0.3) is 0 Å². The van der Waals surface area contributed by atoms with E-state index in [2.05, 4.69) is 10.2 Å². The second kappa shape index (κ2) is 5.53. The van der Waals surface area contributed by atoms with Crippen LogP contribution in [-0.2, 0) is 10.2 Å². The van der Waals surface area contributed by atoms with Crippen molar-refractivity contribution in [2.75, 3.05) is 31.1 Å². The van der Waals surface area contributed by atoms with Crippen LogP contribution in [0, 0.1) is 0 Å². The Labute approximate surface area is 113 Å². The Morgan fingerprint density at radius 3 is 2.47 bits per heavy atom. The van der Waals surface area contributed by atoms with E-state index >= 15 is 0 Å². The molecule has 19 heavy (non-hydrogen) atoms. The number of rotatable bonds is 4.